The van der Waals surface area contributed by atoms with Crippen molar-refractivity contribution in [2.45, 2.75) is 0 Å². The Kier molecular flexibility index (Phi) is 3.76. The fraction of sp³-hybridized carbons (Fsp3) is 0.0588. The number of aromatic nitrogens is 5. The average molecular weight is 335 g/mol. The maximum absolute atomic E-state index is 5.35. The SMILES string of the molecule is COc1ccccc1C=Cc1nn2c(-c3cccnc3)nnc2s1. The smallest absolute Gasteiger partial charge is 0.235 e. The van der Waals surface area contributed by atoms with Crippen molar-refractivity contribution < 1.29 is 4.74 Å². The topological polar surface area (TPSA) is 65.2 Å². The number of hydrogen-bond donors (Lipinski definition) is 0. The van der Waals surface area contributed by atoms with Crippen molar-refractivity contribution >= 4 is 28.4 Å². The number of pyridine rings is 1. The standard InChI is InChI=1S/C17H13N5OS/c1-23-14-7-3-2-5-12(14)8-9-15-21-22-16(19-20-17(22)24-15)13-6-4-10-18-11-13/h2-11H,1H3. The van der Waals surface area contributed by atoms with Crippen LogP contribution in [-0.4, -0.2) is 31.9 Å². The molecule has 0 atom stereocenters. The van der Waals surface area contributed by atoms with E-state index in [1.165, 1.54) is 11.3 Å². The summed E-state index contributed by atoms with van der Waals surface area (Å²) in [6.45, 7) is 0. The van der Waals surface area contributed by atoms with E-state index in [4.69, 9.17) is 4.74 Å². The molecular weight excluding hydrogens is 322 g/mol. The monoisotopic (exact) mass is 335 g/mol. The van der Waals surface area contributed by atoms with Crippen LogP contribution in [0.5, 0.6) is 5.75 Å². The number of hydrogen-bond acceptors (Lipinski definition) is 6. The molecule has 118 valence electrons. The zero-order chi connectivity index (χ0) is 16.4. The van der Waals surface area contributed by atoms with Crippen LogP contribution in [0, 0.1) is 0 Å². The summed E-state index contributed by atoms with van der Waals surface area (Å²) in [7, 11) is 1.66. The molecule has 0 amide bonds. The molecule has 0 aliphatic carbocycles. The first kappa shape index (κ1) is 14.5. The largest absolute Gasteiger partial charge is 0.496 e. The number of nitrogens with zero attached hydrogens (tertiary/aromatic N) is 5. The van der Waals surface area contributed by atoms with E-state index >= 15 is 0 Å². The third-order valence-electron chi connectivity index (χ3n) is 3.47. The van der Waals surface area contributed by atoms with Gasteiger partial charge in [-0.25, -0.2) is 0 Å². The van der Waals surface area contributed by atoms with Gasteiger partial charge in [0, 0.05) is 23.5 Å². The zero-order valence-corrected chi connectivity index (χ0v) is 13.6. The van der Waals surface area contributed by atoms with Gasteiger partial charge in [-0.2, -0.15) is 9.61 Å². The van der Waals surface area contributed by atoms with E-state index in [1.807, 2.05) is 48.6 Å². The summed E-state index contributed by atoms with van der Waals surface area (Å²) in [6.07, 6.45) is 7.41. The first-order valence-electron chi connectivity index (χ1n) is 7.29. The summed E-state index contributed by atoms with van der Waals surface area (Å²) in [5, 5.41) is 13.8. The first-order valence-corrected chi connectivity index (χ1v) is 8.10. The van der Waals surface area contributed by atoms with Gasteiger partial charge >= 0.3 is 0 Å². The lowest BCUT2D eigenvalue weighted by Crippen LogP contribution is -1.91. The molecule has 3 heterocycles. The molecule has 0 saturated heterocycles. The van der Waals surface area contributed by atoms with Gasteiger partial charge in [0.2, 0.25) is 4.96 Å². The van der Waals surface area contributed by atoms with Gasteiger partial charge in [0.15, 0.2) is 5.82 Å². The number of rotatable bonds is 4. The molecule has 6 nitrogen and oxygen atoms in total. The summed E-state index contributed by atoms with van der Waals surface area (Å²) in [5.74, 6) is 1.51. The van der Waals surface area contributed by atoms with Crippen molar-refractivity contribution in [1.29, 1.82) is 0 Å². The van der Waals surface area contributed by atoms with E-state index in [-0.39, 0.29) is 0 Å². The van der Waals surface area contributed by atoms with E-state index < -0.39 is 0 Å². The van der Waals surface area contributed by atoms with Crippen LogP contribution >= 0.6 is 11.3 Å². The molecule has 0 unspecified atom stereocenters. The van der Waals surface area contributed by atoms with Crippen molar-refractivity contribution in [3.63, 3.8) is 0 Å². The molecule has 4 rings (SSSR count). The van der Waals surface area contributed by atoms with Gasteiger partial charge in [0.25, 0.3) is 0 Å². The normalized spacial score (nSPS) is 11.4. The molecule has 24 heavy (non-hydrogen) atoms. The first-order chi connectivity index (χ1) is 11.8. The van der Waals surface area contributed by atoms with Crippen molar-refractivity contribution in [2.24, 2.45) is 0 Å². The molecule has 0 radical (unpaired) electrons. The molecule has 0 aliphatic rings. The number of ether oxygens (including phenoxy) is 1. The Bertz CT molecular complexity index is 1010. The highest BCUT2D eigenvalue weighted by Gasteiger charge is 2.12. The third kappa shape index (κ3) is 2.65. The van der Waals surface area contributed by atoms with Crippen LogP contribution < -0.4 is 4.74 Å². The number of benzene rings is 1. The van der Waals surface area contributed by atoms with Crippen LogP contribution in [-0.2, 0) is 0 Å². The minimum absolute atomic E-state index is 0.686. The highest BCUT2D eigenvalue weighted by Crippen LogP contribution is 2.24. The van der Waals surface area contributed by atoms with E-state index in [0.717, 1.165) is 26.8 Å². The van der Waals surface area contributed by atoms with Gasteiger partial charge in [-0.3, -0.25) is 4.98 Å². The Labute approximate surface area is 142 Å². The summed E-state index contributed by atoms with van der Waals surface area (Å²) in [6, 6.07) is 11.6. The molecule has 0 saturated carbocycles. The Morgan fingerprint density at radius 1 is 1.08 bits per heavy atom. The average Bonchev–Trinajstić information content (AvgIpc) is 3.21. The summed E-state index contributed by atoms with van der Waals surface area (Å²) in [5.41, 5.74) is 1.88. The van der Waals surface area contributed by atoms with E-state index in [0.29, 0.717) is 5.82 Å². The third-order valence-corrected chi connectivity index (χ3v) is 4.33. The minimum Gasteiger partial charge on any atom is -0.496 e. The summed E-state index contributed by atoms with van der Waals surface area (Å²) in [4.78, 5) is 4.86. The van der Waals surface area contributed by atoms with E-state index in [2.05, 4.69) is 20.3 Å². The lowest BCUT2D eigenvalue weighted by Gasteiger charge is -2.02. The van der Waals surface area contributed by atoms with Crippen LogP contribution in [0.2, 0.25) is 0 Å². The molecule has 0 spiro atoms. The Balaban J connectivity index is 1.69. The van der Waals surface area contributed by atoms with Crippen molar-refractivity contribution in [3.8, 4) is 17.1 Å². The predicted molar refractivity (Wildman–Crippen MR) is 93.8 cm³/mol. The van der Waals surface area contributed by atoms with Crippen LogP contribution in [0.1, 0.15) is 10.6 Å². The van der Waals surface area contributed by atoms with E-state index in [9.17, 15) is 0 Å². The fourth-order valence-electron chi connectivity index (χ4n) is 2.34. The maximum atomic E-state index is 5.35. The minimum atomic E-state index is 0.686. The summed E-state index contributed by atoms with van der Waals surface area (Å²) >= 11 is 1.48. The number of methoxy groups -OCH3 is 1. The quantitative estimate of drug-likeness (QED) is 0.572. The highest BCUT2D eigenvalue weighted by atomic mass is 32.1. The van der Waals surface area contributed by atoms with Crippen LogP contribution in [0.25, 0.3) is 28.5 Å². The molecular formula is C17H13N5OS. The van der Waals surface area contributed by atoms with Gasteiger partial charge in [-0.05, 0) is 30.4 Å². The molecule has 4 aromatic rings. The Hall–Kier alpha value is -3.06. The highest BCUT2D eigenvalue weighted by molar-refractivity contribution is 7.17. The molecule has 1 aromatic carbocycles. The van der Waals surface area contributed by atoms with Gasteiger partial charge in [0.05, 0.1) is 7.11 Å². The van der Waals surface area contributed by atoms with Gasteiger partial charge in [0.1, 0.15) is 10.8 Å². The van der Waals surface area contributed by atoms with E-state index in [1.54, 1.807) is 24.0 Å². The number of para-hydroxylation sites is 1. The second-order valence-corrected chi connectivity index (χ2v) is 5.96. The molecule has 0 bridgehead atoms. The van der Waals surface area contributed by atoms with Crippen LogP contribution in [0.4, 0.5) is 0 Å². The molecule has 7 heteroatoms. The lowest BCUT2D eigenvalue weighted by atomic mass is 10.2. The van der Waals surface area contributed by atoms with Gasteiger partial charge < -0.3 is 4.74 Å². The van der Waals surface area contributed by atoms with Crippen molar-refractivity contribution in [1.82, 2.24) is 24.8 Å². The number of fused-ring (bicyclic) bond motifs is 1. The van der Waals surface area contributed by atoms with Gasteiger partial charge in [-0.1, -0.05) is 29.5 Å². The Morgan fingerprint density at radius 3 is 2.83 bits per heavy atom. The Morgan fingerprint density at radius 2 is 2.00 bits per heavy atom. The predicted octanol–water partition coefficient (Wildman–Crippen LogP) is 3.43. The zero-order valence-electron chi connectivity index (χ0n) is 12.8. The second kappa shape index (κ2) is 6.21. The molecule has 0 aliphatic heterocycles. The fourth-order valence-corrected chi connectivity index (χ4v) is 3.08. The molecule has 3 aromatic heterocycles. The lowest BCUT2D eigenvalue weighted by molar-refractivity contribution is 0.414. The molecule has 0 fully saturated rings. The van der Waals surface area contributed by atoms with Crippen LogP contribution in [0.3, 0.4) is 0 Å². The maximum Gasteiger partial charge on any atom is 0.235 e. The summed E-state index contributed by atoms with van der Waals surface area (Å²) < 4.78 is 7.09. The second-order valence-electron chi connectivity index (χ2n) is 4.98. The van der Waals surface area contributed by atoms with Crippen molar-refractivity contribution in [2.75, 3.05) is 7.11 Å². The van der Waals surface area contributed by atoms with Crippen molar-refractivity contribution in [3.05, 3.63) is 59.4 Å². The van der Waals surface area contributed by atoms with Gasteiger partial charge in [-0.15, -0.1) is 10.2 Å². The molecule has 0 N–H and O–H groups in total. The van der Waals surface area contributed by atoms with Crippen LogP contribution in [0.15, 0.2) is 48.8 Å².